The molecule has 0 radical (unpaired) electrons. The molecule has 0 N–H and O–H groups in total. The molecule has 0 bridgehead atoms. The third kappa shape index (κ3) is 3.13. The predicted octanol–water partition coefficient (Wildman–Crippen LogP) is 2.79. The van der Waals surface area contributed by atoms with E-state index in [2.05, 4.69) is 15.1 Å². The molecule has 1 aliphatic heterocycles. The molecule has 4 rings (SSSR count). The number of hydrogen-bond donors (Lipinski definition) is 0. The van der Waals surface area contributed by atoms with E-state index in [0.29, 0.717) is 29.5 Å². The van der Waals surface area contributed by atoms with Gasteiger partial charge in [0.1, 0.15) is 11.5 Å². The van der Waals surface area contributed by atoms with E-state index >= 15 is 0 Å². The van der Waals surface area contributed by atoms with Crippen molar-refractivity contribution in [3.05, 3.63) is 65.9 Å². The summed E-state index contributed by atoms with van der Waals surface area (Å²) in [5, 5.41) is 3.94. The summed E-state index contributed by atoms with van der Waals surface area (Å²) in [5.74, 6) is 0.254. The molecule has 1 aromatic carbocycles. The van der Waals surface area contributed by atoms with Crippen LogP contribution in [0.15, 0.2) is 53.2 Å². The molecule has 0 saturated carbocycles. The van der Waals surface area contributed by atoms with Gasteiger partial charge < -0.3 is 9.42 Å². The standard InChI is InChI=1S/C18H15FN4O2/c19-14-6-2-1-5-12(14)10-23-11-13(9-16(23)24)18-21-17(22-25-18)15-7-3-4-8-20-15/h1-8,13H,9-11H2/t13-/m0/s1. The molecule has 126 valence electrons. The highest BCUT2D eigenvalue weighted by molar-refractivity contribution is 5.79. The monoisotopic (exact) mass is 338 g/mol. The number of halogens is 1. The zero-order valence-electron chi connectivity index (χ0n) is 13.3. The SMILES string of the molecule is O=C1C[C@H](c2nc(-c3ccccn3)no2)CN1Cc1ccccc1F. The maximum absolute atomic E-state index is 13.8. The molecule has 3 aromatic rings. The second-order valence-corrected chi connectivity index (χ2v) is 5.94. The highest BCUT2D eigenvalue weighted by atomic mass is 19.1. The van der Waals surface area contributed by atoms with Crippen LogP contribution in [0, 0.1) is 5.82 Å². The number of likely N-dealkylation sites (tertiary alicyclic amines) is 1. The second kappa shape index (κ2) is 6.43. The number of hydrogen-bond acceptors (Lipinski definition) is 5. The Bertz CT molecular complexity index is 897. The van der Waals surface area contributed by atoms with Gasteiger partial charge in [-0.3, -0.25) is 9.78 Å². The molecule has 6 nitrogen and oxygen atoms in total. The summed E-state index contributed by atoms with van der Waals surface area (Å²) in [7, 11) is 0. The topological polar surface area (TPSA) is 72.1 Å². The van der Waals surface area contributed by atoms with Gasteiger partial charge in [-0.15, -0.1) is 0 Å². The minimum absolute atomic E-state index is 0.0501. The Kier molecular flexibility index (Phi) is 3.97. The second-order valence-electron chi connectivity index (χ2n) is 5.94. The molecule has 1 fully saturated rings. The van der Waals surface area contributed by atoms with Gasteiger partial charge in [0.2, 0.25) is 17.6 Å². The summed E-state index contributed by atoms with van der Waals surface area (Å²) >= 11 is 0. The third-order valence-corrected chi connectivity index (χ3v) is 4.22. The summed E-state index contributed by atoms with van der Waals surface area (Å²) in [6, 6.07) is 11.9. The molecule has 1 amide bonds. The first kappa shape index (κ1) is 15.4. The fourth-order valence-corrected chi connectivity index (χ4v) is 2.92. The molecule has 2 aromatic heterocycles. The van der Waals surface area contributed by atoms with E-state index in [0.717, 1.165) is 0 Å². The zero-order valence-corrected chi connectivity index (χ0v) is 13.3. The number of rotatable bonds is 4. The molecular formula is C18H15FN4O2. The Morgan fingerprint density at radius 1 is 1.20 bits per heavy atom. The van der Waals surface area contributed by atoms with Crippen molar-refractivity contribution in [3.8, 4) is 11.5 Å². The van der Waals surface area contributed by atoms with Crippen LogP contribution in [-0.2, 0) is 11.3 Å². The van der Waals surface area contributed by atoms with Crippen molar-refractivity contribution >= 4 is 5.91 Å². The average molecular weight is 338 g/mol. The first-order chi connectivity index (χ1) is 12.2. The van der Waals surface area contributed by atoms with Gasteiger partial charge in [0, 0.05) is 31.3 Å². The Labute approximate surface area is 143 Å². The van der Waals surface area contributed by atoms with Gasteiger partial charge in [0.15, 0.2) is 0 Å². The van der Waals surface area contributed by atoms with E-state index in [1.54, 1.807) is 41.4 Å². The quantitative estimate of drug-likeness (QED) is 0.731. The summed E-state index contributed by atoms with van der Waals surface area (Å²) in [4.78, 5) is 22.4. The molecule has 1 saturated heterocycles. The van der Waals surface area contributed by atoms with Crippen molar-refractivity contribution in [2.75, 3.05) is 6.54 Å². The number of pyridine rings is 1. The van der Waals surface area contributed by atoms with E-state index in [1.165, 1.54) is 6.07 Å². The third-order valence-electron chi connectivity index (χ3n) is 4.22. The lowest BCUT2D eigenvalue weighted by Gasteiger charge is -2.16. The van der Waals surface area contributed by atoms with Gasteiger partial charge in [0.05, 0.1) is 5.92 Å². The Balaban J connectivity index is 1.49. The van der Waals surface area contributed by atoms with Gasteiger partial charge in [-0.25, -0.2) is 4.39 Å². The number of nitrogens with zero attached hydrogens (tertiary/aromatic N) is 4. The Morgan fingerprint density at radius 3 is 2.84 bits per heavy atom. The highest BCUT2D eigenvalue weighted by Crippen LogP contribution is 2.29. The van der Waals surface area contributed by atoms with Crippen LogP contribution in [0.2, 0.25) is 0 Å². The summed E-state index contributed by atoms with van der Waals surface area (Å²) in [6.07, 6.45) is 1.93. The molecule has 1 atom stereocenters. The van der Waals surface area contributed by atoms with Gasteiger partial charge in [-0.2, -0.15) is 4.98 Å². The van der Waals surface area contributed by atoms with Crippen molar-refractivity contribution in [1.29, 1.82) is 0 Å². The fourth-order valence-electron chi connectivity index (χ4n) is 2.92. The van der Waals surface area contributed by atoms with Crippen molar-refractivity contribution in [1.82, 2.24) is 20.0 Å². The predicted molar refractivity (Wildman–Crippen MR) is 86.7 cm³/mol. The highest BCUT2D eigenvalue weighted by Gasteiger charge is 2.34. The lowest BCUT2D eigenvalue weighted by Crippen LogP contribution is -2.24. The fraction of sp³-hybridized carbons (Fsp3) is 0.222. The van der Waals surface area contributed by atoms with E-state index in [9.17, 15) is 9.18 Å². The molecule has 25 heavy (non-hydrogen) atoms. The first-order valence-electron chi connectivity index (χ1n) is 7.97. The van der Waals surface area contributed by atoms with Crippen LogP contribution in [0.3, 0.4) is 0 Å². The minimum atomic E-state index is -0.311. The molecule has 0 unspecified atom stereocenters. The van der Waals surface area contributed by atoms with Crippen LogP contribution < -0.4 is 0 Å². The molecular weight excluding hydrogens is 323 g/mol. The summed E-state index contributed by atoms with van der Waals surface area (Å²) in [6.45, 7) is 0.667. The maximum atomic E-state index is 13.8. The van der Waals surface area contributed by atoms with Crippen molar-refractivity contribution in [2.45, 2.75) is 18.9 Å². The van der Waals surface area contributed by atoms with E-state index < -0.39 is 0 Å². The lowest BCUT2D eigenvalue weighted by molar-refractivity contribution is -0.128. The van der Waals surface area contributed by atoms with Crippen LogP contribution in [0.4, 0.5) is 4.39 Å². The van der Waals surface area contributed by atoms with Crippen molar-refractivity contribution in [2.24, 2.45) is 0 Å². The van der Waals surface area contributed by atoms with Gasteiger partial charge in [-0.05, 0) is 18.2 Å². The van der Waals surface area contributed by atoms with Crippen LogP contribution in [0.5, 0.6) is 0 Å². The van der Waals surface area contributed by atoms with Crippen LogP contribution in [0.25, 0.3) is 11.5 Å². The van der Waals surface area contributed by atoms with Crippen molar-refractivity contribution < 1.29 is 13.7 Å². The summed E-state index contributed by atoms with van der Waals surface area (Å²) in [5.41, 5.74) is 1.11. The molecule has 0 spiro atoms. The van der Waals surface area contributed by atoms with Crippen LogP contribution in [-0.4, -0.2) is 32.5 Å². The summed E-state index contributed by atoms with van der Waals surface area (Å²) < 4.78 is 19.1. The number of amides is 1. The molecule has 0 aliphatic carbocycles. The molecule has 7 heteroatoms. The zero-order chi connectivity index (χ0) is 17.2. The van der Waals surface area contributed by atoms with E-state index in [4.69, 9.17) is 4.52 Å². The van der Waals surface area contributed by atoms with Gasteiger partial charge in [0.25, 0.3) is 0 Å². The van der Waals surface area contributed by atoms with Crippen LogP contribution >= 0.6 is 0 Å². The smallest absolute Gasteiger partial charge is 0.232 e. The van der Waals surface area contributed by atoms with Gasteiger partial charge >= 0.3 is 0 Å². The van der Waals surface area contributed by atoms with E-state index in [1.807, 2.05) is 6.07 Å². The van der Waals surface area contributed by atoms with Crippen LogP contribution in [0.1, 0.15) is 23.8 Å². The number of carbonyl (C=O) groups excluding carboxylic acids is 1. The normalized spacial score (nSPS) is 17.2. The largest absolute Gasteiger partial charge is 0.339 e. The number of benzene rings is 1. The molecule has 1 aliphatic rings. The Morgan fingerprint density at radius 2 is 2.04 bits per heavy atom. The van der Waals surface area contributed by atoms with E-state index in [-0.39, 0.29) is 30.6 Å². The average Bonchev–Trinajstić information content (AvgIpc) is 3.25. The number of carbonyl (C=O) groups is 1. The number of aromatic nitrogens is 3. The lowest BCUT2D eigenvalue weighted by atomic mass is 10.1. The Hall–Kier alpha value is -3.09. The molecule has 3 heterocycles. The van der Waals surface area contributed by atoms with Gasteiger partial charge in [-0.1, -0.05) is 29.4 Å². The van der Waals surface area contributed by atoms with Crippen molar-refractivity contribution in [3.63, 3.8) is 0 Å². The first-order valence-corrected chi connectivity index (χ1v) is 7.97. The maximum Gasteiger partial charge on any atom is 0.232 e. The minimum Gasteiger partial charge on any atom is -0.339 e.